The van der Waals surface area contributed by atoms with Crippen molar-refractivity contribution in [2.45, 2.75) is 25.4 Å². The number of benzene rings is 3. The molecule has 1 heterocycles. The highest BCUT2D eigenvalue weighted by atomic mass is 19.1. The number of hydrogen-bond donors (Lipinski definition) is 3. The molecule has 1 atom stereocenters. The summed E-state index contributed by atoms with van der Waals surface area (Å²) in [4.78, 5) is 17.7. The van der Waals surface area contributed by atoms with Crippen LogP contribution in [0.1, 0.15) is 29.0 Å². The quantitative estimate of drug-likeness (QED) is 0.353. The lowest BCUT2D eigenvalue weighted by atomic mass is 10.1. The van der Waals surface area contributed by atoms with Crippen molar-refractivity contribution in [1.29, 1.82) is 0 Å². The van der Waals surface area contributed by atoms with Gasteiger partial charge >= 0.3 is 0 Å². The van der Waals surface area contributed by atoms with Crippen LogP contribution in [0.15, 0.2) is 66.7 Å². The van der Waals surface area contributed by atoms with E-state index in [4.69, 9.17) is 0 Å². The Morgan fingerprint density at radius 1 is 0.971 bits per heavy atom. The number of imidazole rings is 1. The lowest BCUT2D eigenvalue weighted by molar-refractivity contribution is -0.423. The summed E-state index contributed by atoms with van der Waals surface area (Å²) in [5.41, 5.74) is 12.0. The van der Waals surface area contributed by atoms with Crippen molar-refractivity contribution in [3.05, 3.63) is 89.8 Å². The molecule has 8 heteroatoms. The SMILES string of the molecule is [NH3+]CCC[C@H]([NH3+])CNC(=O)c1nc2ccc(-c3ccc(F)cc3)cc2n1Cc1ccc(F)cc1. The van der Waals surface area contributed by atoms with Crippen LogP contribution in [0, 0.1) is 11.6 Å². The van der Waals surface area contributed by atoms with Crippen LogP contribution in [-0.2, 0) is 6.54 Å². The number of quaternary nitrogens is 2. The van der Waals surface area contributed by atoms with Crippen molar-refractivity contribution in [2.75, 3.05) is 13.1 Å². The van der Waals surface area contributed by atoms with Crippen LogP contribution in [0.3, 0.4) is 0 Å². The Labute approximate surface area is 196 Å². The molecule has 0 aliphatic rings. The first-order valence-corrected chi connectivity index (χ1v) is 11.4. The van der Waals surface area contributed by atoms with E-state index in [0.29, 0.717) is 18.6 Å². The minimum atomic E-state index is -0.320. The van der Waals surface area contributed by atoms with E-state index in [1.807, 2.05) is 22.8 Å². The van der Waals surface area contributed by atoms with Crippen LogP contribution in [0.5, 0.6) is 0 Å². The van der Waals surface area contributed by atoms with Crippen molar-refractivity contribution >= 4 is 16.9 Å². The first-order valence-electron chi connectivity index (χ1n) is 11.4. The van der Waals surface area contributed by atoms with Gasteiger partial charge in [-0.1, -0.05) is 30.3 Å². The number of aromatic nitrogens is 2. The average Bonchev–Trinajstić information content (AvgIpc) is 3.20. The summed E-state index contributed by atoms with van der Waals surface area (Å²) >= 11 is 0. The van der Waals surface area contributed by atoms with Gasteiger partial charge in [0.15, 0.2) is 5.82 Å². The van der Waals surface area contributed by atoms with Gasteiger partial charge in [0.2, 0.25) is 0 Å². The Morgan fingerprint density at radius 3 is 2.29 bits per heavy atom. The van der Waals surface area contributed by atoms with E-state index in [1.54, 1.807) is 24.3 Å². The second-order valence-corrected chi connectivity index (χ2v) is 8.43. The molecule has 0 radical (unpaired) electrons. The predicted octanol–water partition coefficient (Wildman–Crippen LogP) is 2.39. The van der Waals surface area contributed by atoms with Crippen molar-refractivity contribution in [2.24, 2.45) is 0 Å². The molecule has 6 nitrogen and oxygen atoms in total. The summed E-state index contributed by atoms with van der Waals surface area (Å²) in [6, 6.07) is 18.2. The summed E-state index contributed by atoms with van der Waals surface area (Å²) in [5, 5.41) is 2.95. The Morgan fingerprint density at radius 2 is 1.62 bits per heavy atom. The largest absolute Gasteiger partial charge is 0.358 e. The van der Waals surface area contributed by atoms with Gasteiger partial charge in [-0.2, -0.15) is 0 Å². The van der Waals surface area contributed by atoms with Gasteiger partial charge in [-0.15, -0.1) is 0 Å². The molecule has 1 aromatic heterocycles. The summed E-state index contributed by atoms with van der Waals surface area (Å²) in [5.74, 6) is -0.631. The molecule has 3 aromatic carbocycles. The van der Waals surface area contributed by atoms with Gasteiger partial charge in [0.25, 0.3) is 5.91 Å². The molecule has 7 N–H and O–H groups in total. The number of carbonyl (C=O) groups excluding carboxylic acids is 1. The molecule has 0 saturated heterocycles. The van der Waals surface area contributed by atoms with Crippen molar-refractivity contribution in [3.63, 3.8) is 0 Å². The van der Waals surface area contributed by atoms with Gasteiger partial charge in [-0.3, -0.25) is 4.79 Å². The number of amides is 1. The summed E-state index contributed by atoms with van der Waals surface area (Å²) < 4.78 is 28.7. The Kier molecular flexibility index (Phi) is 7.30. The molecule has 0 spiro atoms. The molecule has 0 bridgehead atoms. The van der Waals surface area contributed by atoms with Crippen LogP contribution >= 0.6 is 0 Å². The van der Waals surface area contributed by atoms with E-state index in [1.165, 1.54) is 24.3 Å². The molecule has 0 aliphatic carbocycles. The number of nitrogens with zero attached hydrogens (tertiary/aromatic N) is 2. The Hall–Kier alpha value is -3.62. The maximum Gasteiger partial charge on any atom is 0.287 e. The zero-order valence-corrected chi connectivity index (χ0v) is 18.9. The molecule has 34 heavy (non-hydrogen) atoms. The van der Waals surface area contributed by atoms with Crippen molar-refractivity contribution < 1.29 is 25.0 Å². The highest BCUT2D eigenvalue weighted by Gasteiger charge is 2.20. The monoisotopic (exact) mass is 465 g/mol. The van der Waals surface area contributed by atoms with Crippen LogP contribution in [0.4, 0.5) is 8.78 Å². The van der Waals surface area contributed by atoms with E-state index in [-0.39, 0.29) is 29.4 Å². The summed E-state index contributed by atoms with van der Waals surface area (Å²) in [6.07, 6.45) is 1.84. The van der Waals surface area contributed by atoms with Gasteiger partial charge in [0.1, 0.15) is 17.7 Å². The zero-order chi connectivity index (χ0) is 24.1. The topological polar surface area (TPSA) is 102 Å². The third-order valence-electron chi connectivity index (χ3n) is 5.80. The molecular weight excluding hydrogens is 436 g/mol. The predicted molar refractivity (Wildman–Crippen MR) is 127 cm³/mol. The fourth-order valence-electron chi connectivity index (χ4n) is 3.90. The third-order valence-corrected chi connectivity index (χ3v) is 5.80. The van der Waals surface area contributed by atoms with Crippen LogP contribution in [-0.4, -0.2) is 34.6 Å². The minimum absolute atomic E-state index is 0.0886. The summed E-state index contributed by atoms with van der Waals surface area (Å²) in [6.45, 7) is 1.63. The highest BCUT2D eigenvalue weighted by Crippen LogP contribution is 2.26. The first kappa shape index (κ1) is 23.5. The smallest absolute Gasteiger partial charge is 0.287 e. The van der Waals surface area contributed by atoms with Gasteiger partial charge in [-0.25, -0.2) is 13.8 Å². The van der Waals surface area contributed by atoms with Gasteiger partial charge in [0, 0.05) is 19.4 Å². The van der Waals surface area contributed by atoms with Gasteiger partial charge in [0.05, 0.1) is 24.1 Å². The van der Waals surface area contributed by atoms with Crippen LogP contribution in [0.25, 0.3) is 22.2 Å². The van der Waals surface area contributed by atoms with Crippen molar-refractivity contribution in [3.8, 4) is 11.1 Å². The van der Waals surface area contributed by atoms with Crippen LogP contribution in [0.2, 0.25) is 0 Å². The number of fused-ring (bicyclic) bond motifs is 1. The molecule has 0 fully saturated rings. The number of nitrogens with one attached hydrogen (secondary N) is 1. The summed E-state index contributed by atoms with van der Waals surface area (Å²) in [7, 11) is 0. The molecule has 176 valence electrons. The second kappa shape index (κ2) is 10.5. The third kappa shape index (κ3) is 5.47. The lowest BCUT2D eigenvalue weighted by Gasteiger charge is -2.12. The maximum atomic E-state index is 13.4. The lowest BCUT2D eigenvalue weighted by Crippen LogP contribution is -2.65. The second-order valence-electron chi connectivity index (χ2n) is 8.43. The van der Waals surface area contributed by atoms with E-state index in [0.717, 1.165) is 41.6 Å². The average molecular weight is 466 g/mol. The van der Waals surface area contributed by atoms with Gasteiger partial charge < -0.3 is 21.4 Å². The molecule has 0 saturated carbocycles. The normalized spacial score (nSPS) is 12.1. The zero-order valence-electron chi connectivity index (χ0n) is 18.9. The number of hydrogen-bond acceptors (Lipinski definition) is 2. The highest BCUT2D eigenvalue weighted by molar-refractivity contribution is 5.95. The number of halogens is 2. The minimum Gasteiger partial charge on any atom is -0.358 e. The molecule has 4 aromatic rings. The van der Waals surface area contributed by atoms with E-state index in [2.05, 4.69) is 21.8 Å². The molecule has 0 aliphatic heterocycles. The van der Waals surface area contributed by atoms with E-state index in [9.17, 15) is 13.6 Å². The van der Waals surface area contributed by atoms with E-state index < -0.39 is 0 Å². The molecule has 4 rings (SSSR count). The number of rotatable bonds is 9. The molecule has 1 amide bonds. The number of carbonyl (C=O) groups is 1. The van der Waals surface area contributed by atoms with Gasteiger partial charge in [-0.05, 0) is 53.1 Å². The Bertz CT molecular complexity index is 1270. The first-order chi connectivity index (χ1) is 16.4. The standard InChI is InChI=1S/C26H27F2N5O/c27-20-8-3-17(4-9-20)16-33-24-14-19(18-5-10-21(28)11-6-18)7-12-23(24)32-25(33)26(34)31-15-22(30)2-1-13-29/h3-12,14,22H,1-2,13,15-16,29-30H2,(H,31,34)/p+2/t22-/m0/s1. The van der Waals surface area contributed by atoms with E-state index >= 15 is 0 Å². The maximum absolute atomic E-state index is 13.4. The van der Waals surface area contributed by atoms with Crippen molar-refractivity contribution in [1.82, 2.24) is 14.9 Å². The Balaban J connectivity index is 1.70. The molecular formula is C26H29F2N5O+2. The fourth-order valence-corrected chi connectivity index (χ4v) is 3.90. The fraction of sp³-hybridized carbons (Fsp3) is 0.231. The van der Waals surface area contributed by atoms with Crippen LogP contribution < -0.4 is 16.8 Å². The molecule has 0 unspecified atom stereocenters.